The van der Waals surface area contributed by atoms with Crippen molar-refractivity contribution in [3.05, 3.63) is 24.3 Å². The van der Waals surface area contributed by atoms with Crippen LogP contribution < -0.4 is 4.74 Å². The standard InChI is InChI=1S/C10H10N2O2S/c1-12-8-5-3-2-4-7(8)11-10(12)14-9(13)6-15/h2-5,15H,6H2,1H3. The molecular formula is C10H10N2O2S. The highest BCUT2D eigenvalue weighted by Crippen LogP contribution is 2.19. The van der Waals surface area contributed by atoms with Gasteiger partial charge in [-0.1, -0.05) is 12.1 Å². The first kappa shape index (κ1) is 10.0. The Bertz CT molecular complexity index is 507. The zero-order chi connectivity index (χ0) is 10.8. The lowest BCUT2D eigenvalue weighted by molar-refractivity contribution is -0.132. The van der Waals surface area contributed by atoms with E-state index in [0.29, 0.717) is 6.01 Å². The van der Waals surface area contributed by atoms with E-state index in [1.54, 1.807) is 11.6 Å². The third-order valence-electron chi connectivity index (χ3n) is 2.08. The van der Waals surface area contributed by atoms with E-state index in [2.05, 4.69) is 17.6 Å². The summed E-state index contributed by atoms with van der Waals surface area (Å²) in [7, 11) is 1.80. The number of rotatable bonds is 2. The predicted octanol–water partition coefficient (Wildman–Crippen LogP) is 1.41. The molecule has 0 aliphatic carbocycles. The maximum absolute atomic E-state index is 11.1. The molecule has 0 atom stereocenters. The third-order valence-corrected chi connectivity index (χ3v) is 2.34. The summed E-state index contributed by atoms with van der Waals surface area (Å²) in [6.45, 7) is 0. The van der Waals surface area contributed by atoms with Crippen molar-refractivity contribution in [1.82, 2.24) is 9.55 Å². The van der Waals surface area contributed by atoms with Gasteiger partial charge >= 0.3 is 12.0 Å². The van der Waals surface area contributed by atoms with Gasteiger partial charge in [0.2, 0.25) is 0 Å². The summed E-state index contributed by atoms with van der Waals surface area (Å²) >= 11 is 3.83. The molecule has 2 rings (SSSR count). The van der Waals surface area contributed by atoms with E-state index in [1.165, 1.54) is 0 Å². The first-order valence-electron chi connectivity index (χ1n) is 4.45. The molecule has 0 aliphatic rings. The summed E-state index contributed by atoms with van der Waals surface area (Å²) in [5, 5.41) is 0. The highest BCUT2D eigenvalue weighted by atomic mass is 32.1. The second-order valence-corrected chi connectivity index (χ2v) is 3.39. The van der Waals surface area contributed by atoms with Crippen LogP contribution in [0, 0.1) is 0 Å². The summed E-state index contributed by atoms with van der Waals surface area (Å²) in [5.41, 5.74) is 1.74. The number of aryl methyl sites for hydroxylation is 1. The molecule has 0 spiro atoms. The summed E-state index contributed by atoms with van der Waals surface area (Å²) in [6.07, 6.45) is 0. The maximum Gasteiger partial charge on any atom is 0.323 e. The van der Waals surface area contributed by atoms with Gasteiger partial charge in [-0.25, -0.2) is 0 Å². The smallest absolute Gasteiger partial charge is 0.323 e. The van der Waals surface area contributed by atoms with E-state index in [1.807, 2.05) is 24.3 Å². The van der Waals surface area contributed by atoms with Crippen LogP contribution in [0.25, 0.3) is 11.0 Å². The number of nitrogens with zero attached hydrogens (tertiary/aromatic N) is 2. The average Bonchev–Trinajstić information content (AvgIpc) is 2.57. The van der Waals surface area contributed by atoms with Crippen molar-refractivity contribution in [2.24, 2.45) is 7.05 Å². The molecule has 0 fully saturated rings. The quantitative estimate of drug-likeness (QED) is 0.617. The normalized spacial score (nSPS) is 10.5. The molecule has 1 heterocycles. The van der Waals surface area contributed by atoms with Gasteiger partial charge in [0.1, 0.15) is 0 Å². The van der Waals surface area contributed by atoms with Crippen LogP contribution in [0.2, 0.25) is 0 Å². The minimum absolute atomic E-state index is 0.0448. The Hall–Kier alpha value is -1.49. The number of carbonyl (C=O) groups excluding carboxylic acids is 1. The second-order valence-electron chi connectivity index (χ2n) is 3.07. The molecule has 0 N–H and O–H groups in total. The van der Waals surface area contributed by atoms with Crippen LogP contribution in [-0.4, -0.2) is 21.3 Å². The molecule has 0 radical (unpaired) electrons. The van der Waals surface area contributed by atoms with Crippen LogP contribution in [0.3, 0.4) is 0 Å². The molecule has 1 aromatic carbocycles. The number of hydrogen-bond donors (Lipinski definition) is 1. The number of thiol groups is 1. The summed E-state index contributed by atoms with van der Waals surface area (Å²) < 4.78 is 6.75. The number of ether oxygens (including phenoxy) is 1. The van der Waals surface area contributed by atoms with Gasteiger partial charge in [0, 0.05) is 7.05 Å². The number of aromatic nitrogens is 2. The van der Waals surface area contributed by atoms with E-state index in [4.69, 9.17) is 4.74 Å². The van der Waals surface area contributed by atoms with E-state index in [9.17, 15) is 4.79 Å². The van der Waals surface area contributed by atoms with Crippen LogP contribution in [0.5, 0.6) is 6.01 Å². The molecule has 15 heavy (non-hydrogen) atoms. The van der Waals surface area contributed by atoms with Crippen molar-refractivity contribution in [2.45, 2.75) is 0 Å². The van der Waals surface area contributed by atoms with Gasteiger partial charge in [-0.2, -0.15) is 17.6 Å². The molecule has 5 heteroatoms. The summed E-state index contributed by atoms with van der Waals surface area (Å²) in [5.74, 6) is -0.361. The number of carbonyl (C=O) groups is 1. The highest BCUT2D eigenvalue weighted by Gasteiger charge is 2.10. The number of imidazole rings is 1. The number of fused-ring (bicyclic) bond motifs is 1. The second kappa shape index (κ2) is 3.94. The molecule has 0 bridgehead atoms. The van der Waals surface area contributed by atoms with Crippen molar-refractivity contribution >= 4 is 29.6 Å². The molecule has 4 nitrogen and oxygen atoms in total. The van der Waals surface area contributed by atoms with Crippen LogP contribution in [0.4, 0.5) is 0 Å². The fourth-order valence-electron chi connectivity index (χ4n) is 1.35. The van der Waals surface area contributed by atoms with Gasteiger partial charge in [0.25, 0.3) is 0 Å². The zero-order valence-electron chi connectivity index (χ0n) is 8.17. The lowest BCUT2D eigenvalue weighted by Gasteiger charge is -2.00. The van der Waals surface area contributed by atoms with Crippen molar-refractivity contribution < 1.29 is 9.53 Å². The average molecular weight is 222 g/mol. The number of esters is 1. The minimum Gasteiger partial charge on any atom is -0.391 e. The van der Waals surface area contributed by atoms with Crippen LogP contribution in [0.1, 0.15) is 0 Å². The van der Waals surface area contributed by atoms with Crippen LogP contribution >= 0.6 is 12.6 Å². The molecular weight excluding hydrogens is 212 g/mol. The maximum atomic E-state index is 11.1. The first-order valence-corrected chi connectivity index (χ1v) is 5.08. The SMILES string of the molecule is Cn1c(OC(=O)CS)nc2ccccc21. The van der Waals surface area contributed by atoms with Gasteiger partial charge in [-0.3, -0.25) is 9.36 Å². The summed E-state index contributed by atoms with van der Waals surface area (Å²) in [6, 6.07) is 7.89. The third kappa shape index (κ3) is 1.83. The molecule has 0 saturated heterocycles. The van der Waals surface area contributed by atoms with Gasteiger partial charge in [0.15, 0.2) is 0 Å². The van der Waals surface area contributed by atoms with E-state index < -0.39 is 5.97 Å². The fourth-order valence-corrected chi connectivity index (χ4v) is 1.41. The Kier molecular flexibility index (Phi) is 2.64. The lowest BCUT2D eigenvalue weighted by Crippen LogP contribution is -2.11. The molecule has 78 valence electrons. The van der Waals surface area contributed by atoms with Crippen LogP contribution in [-0.2, 0) is 11.8 Å². The Labute approximate surface area is 92.3 Å². The topological polar surface area (TPSA) is 44.1 Å². The molecule has 1 aromatic heterocycles. The Morgan fingerprint density at radius 1 is 1.53 bits per heavy atom. The van der Waals surface area contributed by atoms with Crippen LogP contribution in [0.15, 0.2) is 24.3 Å². The molecule has 0 unspecified atom stereocenters. The Balaban J connectivity index is 2.44. The lowest BCUT2D eigenvalue weighted by atomic mass is 10.3. The monoisotopic (exact) mass is 222 g/mol. The van der Waals surface area contributed by atoms with Crippen molar-refractivity contribution in [1.29, 1.82) is 0 Å². The summed E-state index contributed by atoms with van der Waals surface area (Å²) in [4.78, 5) is 15.2. The molecule has 0 amide bonds. The zero-order valence-corrected chi connectivity index (χ0v) is 9.07. The van der Waals surface area contributed by atoms with E-state index in [0.717, 1.165) is 11.0 Å². The van der Waals surface area contributed by atoms with E-state index >= 15 is 0 Å². The van der Waals surface area contributed by atoms with E-state index in [-0.39, 0.29) is 5.75 Å². The Morgan fingerprint density at radius 3 is 2.93 bits per heavy atom. The Morgan fingerprint density at radius 2 is 2.27 bits per heavy atom. The molecule has 2 aromatic rings. The first-order chi connectivity index (χ1) is 7.22. The van der Waals surface area contributed by atoms with Gasteiger partial charge in [-0.15, -0.1) is 0 Å². The van der Waals surface area contributed by atoms with Gasteiger partial charge in [-0.05, 0) is 12.1 Å². The number of para-hydroxylation sites is 2. The molecule has 0 aliphatic heterocycles. The van der Waals surface area contributed by atoms with Gasteiger partial charge < -0.3 is 4.74 Å². The number of hydrogen-bond acceptors (Lipinski definition) is 4. The van der Waals surface area contributed by atoms with Crippen molar-refractivity contribution in [3.8, 4) is 6.01 Å². The minimum atomic E-state index is -0.406. The number of benzene rings is 1. The fraction of sp³-hybridized carbons (Fsp3) is 0.200. The van der Waals surface area contributed by atoms with Crippen molar-refractivity contribution in [2.75, 3.05) is 5.75 Å². The largest absolute Gasteiger partial charge is 0.391 e. The van der Waals surface area contributed by atoms with Gasteiger partial charge in [0.05, 0.1) is 16.8 Å². The highest BCUT2D eigenvalue weighted by molar-refractivity contribution is 7.81. The molecule has 0 saturated carbocycles. The predicted molar refractivity (Wildman–Crippen MR) is 60.2 cm³/mol. The van der Waals surface area contributed by atoms with Crippen molar-refractivity contribution in [3.63, 3.8) is 0 Å².